The number of imidazole rings is 1. The molecule has 2 heterocycles. The molecule has 17 heavy (non-hydrogen) atoms. The summed E-state index contributed by atoms with van der Waals surface area (Å²) in [5.41, 5.74) is 2.80. The van der Waals surface area contributed by atoms with E-state index in [9.17, 15) is 4.79 Å². The van der Waals surface area contributed by atoms with Gasteiger partial charge in [-0.15, -0.1) is 0 Å². The van der Waals surface area contributed by atoms with Crippen molar-refractivity contribution in [2.24, 2.45) is 0 Å². The van der Waals surface area contributed by atoms with Gasteiger partial charge in [-0.3, -0.25) is 0 Å². The highest BCUT2D eigenvalue weighted by Crippen LogP contribution is 2.06. The fourth-order valence-corrected chi connectivity index (χ4v) is 1.54. The minimum absolute atomic E-state index is 0.217. The molecule has 0 fully saturated rings. The van der Waals surface area contributed by atoms with Crippen LogP contribution in [0, 0.1) is 0 Å². The quantitative estimate of drug-likeness (QED) is 0.685. The van der Waals surface area contributed by atoms with Crippen molar-refractivity contribution < 1.29 is 4.79 Å². The van der Waals surface area contributed by atoms with Gasteiger partial charge in [-0.2, -0.15) is 5.10 Å². The summed E-state index contributed by atoms with van der Waals surface area (Å²) in [5.74, 6) is 0. The maximum atomic E-state index is 11.1. The molecule has 2 aromatic heterocycles. The molecule has 2 N–H and O–H groups in total. The molecule has 2 amide bonds. The Bertz CT molecular complexity index is 538. The van der Waals surface area contributed by atoms with E-state index in [1.165, 1.54) is 0 Å². The van der Waals surface area contributed by atoms with Crippen LogP contribution in [-0.2, 0) is 12.9 Å². The fourth-order valence-electron chi connectivity index (χ4n) is 1.54. The zero-order valence-corrected chi connectivity index (χ0v) is 9.90. The molecule has 0 unspecified atom stereocenters. The molecule has 0 bridgehead atoms. The van der Waals surface area contributed by atoms with Crippen LogP contribution in [0.5, 0.6) is 0 Å². The van der Waals surface area contributed by atoms with Crippen molar-refractivity contribution >= 4 is 19.5 Å². The van der Waals surface area contributed by atoms with E-state index in [2.05, 4.69) is 28.6 Å². The minimum atomic E-state index is -0.217. The molecule has 0 spiro atoms. The lowest BCUT2D eigenvalue weighted by Crippen LogP contribution is -2.32. The number of nitrogens with zero attached hydrogens (tertiary/aromatic N) is 3. The summed E-state index contributed by atoms with van der Waals surface area (Å²) < 4.78 is 1.73. The van der Waals surface area contributed by atoms with Gasteiger partial charge in [-0.25, -0.2) is 14.3 Å². The summed E-state index contributed by atoms with van der Waals surface area (Å²) in [6.45, 7) is 0.402. The van der Waals surface area contributed by atoms with E-state index >= 15 is 0 Å². The summed E-state index contributed by atoms with van der Waals surface area (Å²) >= 11 is 0. The average Bonchev–Trinajstić information content (AvgIpc) is 2.77. The predicted molar refractivity (Wildman–Crippen MR) is 66.5 cm³/mol. The summed E-state index contributed by atoms with van der Waals surface area (Å²) in [6.07, 6.45) is 4.47. The average molecular weight is 231 g/mol. The van der Waals surface area contributed by atoms with Gasteiger partial charge in [0.2, 0.25) is 0 Å². The largest absolute Gasteiger partial charge is 0.341 e. The highest BCUT2D eigenvalue weighted by atomic mass is 16.2. The van der Waals surface area contributed by atoms with E-state index in [-0.39, 0.29) is 6.03 Å². The van der Waals surface area contributed by atoms with E-state index in [4.69, 9.17) is 0 Å². The molecule has 2 aromatic rings. The highest BCUT2D eigenvalue weighted by molar-refractivity contribution is 6.08. The van der Waals surface area contributed by atoms with Crippen LogP contribution >= 0.6 is 0 Å². The van der Waals surface area contributed by atoms with E-state index in [1.54, 1.807) is 17.8 Å². The minimum Gasteiger partial charge on any atom is -0.341 e. The van der Waals surface area contributed by atoms with Gasteiger partial charge in [-0.1, -0.05) is 6.32 Å². The Balaban J connectivity index is 2.21. The molecule has 6 nitrogen and oxygen atoms in total. The van der Waals surface area contributed by atoms with Gasteiger partial charge in [0.05, 0.1) is 24.6 Å². The lowest BCUT2D eigenvalue weighted by Gasteiger charge is -2.04. The molecule has 0 aliphatic heterocycles. The maximum Gasteiger partial charge on any atom is 0.314 e. The second-order valence-electron chi connectivity index (χ2n) is 3.67. The molecule has 2 rings (SSSR count). The standard InChI is InChI=1S/C10H14BN5O/c1-12-10(17)14-6-8-5-13-9-2-7(3-11)4-15-16(8)9/h2,4-5H,3,6,11H2,1H3,(H2,12,14,17). The normalized spacial score (nSPS) is 10.4. The van der Waals surface area contributed by atoms with Gasteiger partial charge in [0.1, 0.15) is 7.85 Å². The molecule has 0 aromatic carbocycles. The lowest BCUT2D eigenvalue weighted by atomic mass is 9.99. The zero-order chi connectivity index (χ0) is 12.3. The van der Waals surface area contributed by atoms with Crippen molar-refractivity contribution in [2.75, 3.05) is 7.05 Å². The maximum absolute atomic E-state index is 11.1. The number of hydrogen-bond acceptors (Lipinski definition) is 3. The number of amides is 2. The van der Waals surface area contributed by atoms with Gasteiger partial charge in [0, 0.05) is 7.05 Å². The SMILES string of the molecule is BCc1cnn2c(CNC(=O)NC)cnc2c1. The first kappa shape index (κ1) is 11.4. The molecule has 0 saturated carbocycles. The third kappa shape index (κ3) is 2.38. The van der Waals surface area contributed by atoms with Crippen LogP contribution in [0.1, 0.15) is 11.3 Å². The zero-order valence-electron chi connectivity index (χ0n) is 9.90. The Hall–Kier alpha value is -2.05. The highest BCUT2D eigenvalue weighted by Gasteiger charge is 2.05. The molecule has 0 atom stereocenters. The van der Waals surface area contributed by atoms with Crippen LogP contribution in [0.25, 0.3) is 5.65 Å². The van der Waals surface area contributed by atoms with Crippen LogP contribution in [0.4, 0.5) is 4.79 Å². The third-order valence-corrected chi connectivity index (χ3v) is 2.55. The molecule has 0 aliphatic carbocycles. The second-order valence-corrected chi connectivity index (χ2v) is 3.67. The van der Waals surface area contributed by atoms with Gasteiger partial charge >= 0.3 is 6.03 Å². The van der Waals surface area contributed by atoms with Crippen LogP contribution in [0.3, 0.4) is 0 Å². The van der Waals surface area contributed by atoms with E-state index < -0.39 is 0 Å². The van der Waals surface area contributed by atoms with Crippen LogP contribution in [-0.4, -0.2) is 35.5 Å². The van der Waals surface area contributed by atoms with Crippen molar-refractivity contribution in [2.45, 2.75) is 12.9 Å². The van der Waals surface area contributed by atoms with E-state index in [0.29, 0.717) is 6.54 Å². The Morgan fingerprint density at radius 2 is 2.35 bits per heavy atom. The molecule has 0 aliphatic rings. The van der Waals surface area contributed by atoms with Gasteiger partial charge < -0.3 is 10.6 Å². The van der Waals surface area contributed by atoms with Crippen molar-refractivity contribution in [1.82, 2.24) is 25.2 Å². The number of fused-ring (bicyclic) bond motifs is 1. The van der Waals surface area contributed by atoms with E-state index in [1.807, 2.05) is 12.3 Å². The molecule has 0 radical (unpaired) electrons. The first-order valence-corrected chi connectivity index (χ1v) is 5.51. The van der Waals surface area contributed by atoms with Crippen molar-refractivity contribution in [3.05, 3.63) is 29.7 Å². The van der Waals surface area contributed by atoms with Gasteiger partial charge in [-0.05, 0) is 11.6 Å². The van der Waals surface area contributed by atoms with Crippen molar-refractivity contribution in [3.8, 4) is 0 Å². The number of rotatable bonds is 3. The first-order valence-electron chi connectivity index (χ1n) is 5.51. The van der Waals surface area contributed by atoms with E-state index in [0.717, 1.165) is 23.2 Å². The van der Waals surface area contributed by atoms with Crippen LogP contribution in [0.15, 0.2) is 18.5 Å². The monoisotopic (exact) mass is 231 g/mol. The van der Waals surface area contributed by atoms with Gasteiger partial charge in [0.25, 0.3) is 0 Å². The van der Waals surface area contributed by atoms with Crippen LogP contribution < -0.4 is 10.6 Å². The third-order valence-electron chi connectivity index (χ3n) is 2.55. The summed E-state index contributed by atoms with van der Waals surface area (Å²) in [4.78, 5) is 15.3. The van der Waals surface area contributed by atoms with Crippen LogP contribution in [0.2, 0.25) is 0 Å². The Morgan fingerprint density at radius 3 is 3.06 bits per heavy atom. The summed E-state index contributed by atoms with van der Waals surface area (Å²) in [6, 6.07) is 1.78. The smallest absolute Gasteiger partial charge is 0.314 e. The Morgan fingerprint density at radius 1 is 1.53 bits per heavy atom. The summed E-state index contributed by atoms with van der Waals surface area (Å²) in [5, 5.41) is 9.50. The fraction of sp³-hybridized carbons (Fsp3) is 0.300. The lowest BCUT2D eigenvalue weighted by molar-refractivity contribution is 0.242. The first-order chi connectivity index (χ1) is 8.24. The number of carbonyl (C=O) groups is 1. The molecular weight excluding hydrogens is 217 g/mol. The Labute approximate surface area is 99.8 Å². The Kier molecular flexibility index (Phi) is 3.27. The second kappa shape index (κ2) is 4.86. The number of nitrogens with one attached hydrogen (secondary N) is 2. The van der Waals surface area contributed by atoms with Crippen molar-refractivity contribution in [3.63, 3.8) is 0 Å². The molecule has 0 saturated heterocycles. The number of urea groups is 1. The van der Waals surface area contributed by atoms with Gasteiger partial charge in [0.15, 0.2) is 5.65 Å². The molecular formula is C10H14BN5O. The topological polar surface area (TPSA) is 71.3 Å². The van der Waals surface area contributed by atoms with Crippen molar-refractivity contribution in [1.29, 1.82) is 0 Å². The molecule has 7 heteroatoms. The predicted octanol–water partition coefficient (Wildman–Crippen LogP) is -0.709. The summed E-state index contributed by atoms with van der Waals surface area (Å²) in [7, 11) is 3.65. The number of hydrogen-bond donors (Lipinski definition) is 2. The number of aromatic nitrogens is 3. The number of carbonyl (C=O) groups excluding carboxylic acids is 1. The molecule has 88 valence electrons.